The number of hydrogen-bond donors (Lipinski definition) is 0. The Morgan fingerprint density at radius 3 is 2.42 bits per heavy atom. The SMILES string of the molecule is Cc1ccccc1/C=C/C(=O)c1ccc(C(=O)[O-])s1. The van der Waals surface area contributed by atoms with Crippen LogP contribution in [-0.4, -0.2) is 11.8 Å². The van der Waals surface area contributed by atoms with E-state index in [-0.39, 0.29) is 10.7 Å². The van der Waals surface area contributed by atoms with Gasteiger partial charge in [0.1, 0.15) is 0 Å². The van der Waals surface area contributed by atoms with Crippen LogP contribution in [0.3, 0.4) is 0 Å². The molecule has 0 aliphatic rings. The van der Waals surface area contributed by atoms with Crippen LogP contribution in [-0.2, 0) is 0 Å². The van der Waals surface area contributed by atoms with Gasteiger partial charge in [0.15, 0.2) is 5.78 Å². The molecule has 0 saturated carbocycles. The fourth-order valence-corrected chi connectivity index (χ4v) is 2.36. The predicted molar refractivity (Wildman–Crippen MR) is 73.2 cm³/mol. The van der Waals surface area contributed by atoms with Crippen molar-refractivity contribution >= 4 is 29.2 Å². The number of thiophene rings is 1. The molecular weight excluding hydrogens is 260 g/mol. The molecular formula is C15H11O3S-. The molecule has 0 bridgehead atoms. The summed E-state index contributed by atoms with van der Waals surface area (Å²) in [5.74, 6) is -1.47. The minimum atomic E-state index is -1.26. The van der Waals surface area contributed by atoms with Crippen LogP contribution >= 0.6 is 11.3 Å². The van der Waals surface area contributed by atoms with Crippen LogP contribution in [0.4, 0.5) is 0 Å². The van der Waals surface area contributed by atoms with Crippen LogP contribution in [0.15, 0.2) is 42.5 Å². The number of ketones is 1. The maximum absolute atomic E-state index is 11.9. The van der Waals surface area contributed by atoms with E-state index in [1.807, 2.05) is 31.2 Å². The van der Waals surface area contributed by atoms with Crippen molar-refractivity contribution < 1.29 is 14.7 Å². The Morgan fingerprint density at radius 1 is 1.11 bits per heavy atom. The van der Waals surface area contributed by atoms with Crippen molar-refractivity contribution in [2.24, 2.45) is 0 Å². The number of rotatable bonds is 4. The number of carbonyl (C=O) groups excluding carboxylic acids is 2. The van der Waals surface area contributed by atoms with E-state index in [4.69, 9.17) is 0 Å². The van der Waals surface area contributed by atoms with Gasteiger partial charge >= 0.3 is 0 Å². The van der Waals surface area contributed by atoms with Gasteiger partial charge in [-0.3, -0.25) is 4.79 Å². The molecule has 0 aliphatic carbocycles. The second kappa shape index (κ2) is 5.63. The smallest absolute Gasteiger partial charge is 0.195 e. The Bertz CT molecular complexity index is 653. The first-order valence-electron chi connectivity index (χ1n) is 5.67. The van der Waals surface area contributed by atoms with E-state index in [2.05, 4.69) is 0 Å². The number of aromatic carboxylic acids is 1. The van der Waals surface area contributed by atoms with E-state index in [0.29, 0.717) is 4.88 Å². The number of carbonyl (C=O) groups is 2. The molecule has 2 rings (SSSR count). The zero-order valence-corrected chi connectivity index (χ0v) is 11.1. The molecule has 0 aliphatic heterocycles. The maximum atomic E-state index is 11.9. The van der Waals surface area contributed by atoms with Crippen molar-refractivity contribution in [1.29, 1.82) is 0 Å². The molecule has 3 nitrogen and oxygen atoms in total. The quantitative estimate of drug-likeness (QED) is 0.633. The summed E-state index contributed by atoms with van der Waals surface area (Å²) in [6.07, 6.45) is 3.18. The van der Waals surface area contributed by atoms with Crippen LogP contribution in [0, 0.1) is 6.92 Å². The summed E-state index contributed by atoms with van der Waals surface area (Å²) >= 11 is 0.926. The Kier molecular flexibility index (Phi) is 3.92. The number of hydrogen-bond acceptors (Lipinski definition) is 4. The molecule has 96 valence electrons. The summed E-state index contributed by atoms with van der Waals surface area (Å²) in [7, 11) is 0. The first-order valence-corrected chi connectivity index (χ1v) is 6.49. The summed E-state index contributed by atoms with van der Waals surface area (Å²) in [6, 6.07) is 10.6. The molecule has 0 radical (unpaired) electrons. The Labute approximate surface area is 114 Å². The highest BCUT2D eigenvalue weighted by Crippen LogP contribution is 2.17. The standard InChI is InChI=1S/C15H12O3S/c1-10-4-2-3-5-11(10)6-7-12(16)13-8-9-14(19-13)15(17)18/h2-9H,1H3,(H,17,18)/p-1/b7-6+. The van der Waals surface area contributed by atoms with E-state index < -0.39 is 5.97 Å². The van der Waals surface area contributed by atoms with Crippen molar-refractivity contribution in [1.82, 2.24) is 0 Å². The average molecular weight is 271 g/mol. The molecule has 2 aromatic rings. The molecule has 1 heterocycles. The second-order valence-electron chi connectivity index (χ2n) is 4.01. The molecule has 0 amide bonds. The van der Waals surface area contributed by atoms with Gasteiger partial charge in [-0.2, -0.15) is 0 Å². The molecule has 0 fully saturated rings. The lowest BCUT2D eigenvalue weighted by Gasteiger charge is -1.97. The highest BCUT2D eigenvalue weighted by Gasteiger charge is 2.06. The summed E-state index contributed by atoms with van der Waals surface area (Å²) in [4.78, 5) is 23.0. The number of allylic oxidation sites excluding steroid dienone is 1. The lowest BCUT2D eigenvalue weighted by molar-refractivity contribution is -0.254. The molecule has 0 spiro atoms. The average Bonchev–Trinajstić information content (AvgIpc) is 2.87. The van der Waals surface area contributed by atoms with E-state index in [9.17, 15) is 14.7 Å². The third-order valence-corrected chi connectivity index (χ3v) is 3.73. The Balaban J connectivity index is 2.17. The molecule has 0 N–H and O–H groups in total. The number of aryl methyl sites for hydroxylation is 1. The first-order chi connectivity index (χ1) is 9.08. The van der Waals surface area contributed by atoms with Gasteiger partial charge in [-0.1, -0.05) is 30.3 Å². The Morgan fingerprint density at radius 2 is 1.79 bits per heavy atom. The highest BCUT2D eigenvalue weighted by molar-refractivity contribution is 7.16. The van der Waals surface area contributed by atoms with Crippen molar-refractivity contribution in [3.05, 3.63) is 63.4 Å². The number of carboxylic acids is 1. The summed E-state index contributed by atoms with van der Waals surface area (Å²) in [5.41, 5.74) is 2.04. The largest absolute Gasteiger partial charge is 0.544 e. The monoisotopic (exact) mass is 271 g/mol. The molecule has 19 heavy (non-hydrogen) atoms. The maximum Gasteiger partial charge on any atom is 0.195 e. The van der Waals surface area contributed by atoms with Gasteiger partial charge < -0.3 is 9.90 Å². The molecule has 1 aromatic carbocycles. The molecule has 1 aromatic heterocycles. The van der Waals surface area contributed by atoms with E-state index in [1.54, 1.807) is 6.08 Å². The fraction of sp³-hybridized carbons (Fsp3) is 0.0667. The van der Waals surface area contributed by atoms with E-state index in [0.717, 1.165) is 22.5 Å². The molecule has 4 heteroatoms. The van der Waals surface area contributed by atoms with E-state index in [1.165, 1.54) is 18.2 Å². The van der Waals surface area contributed by atoms with Crippen LogP contribution < -0.4 is 5.11 Å². The molecule has 0 unspecified atom stereocenters. The van der Waals surface area contributed by atoms with Crippen molar-refractivity contribution in [2.75, 3.05) is 0 Å². The lowest BCUT2D eigenvalue weighted by atomic mass is 10.1. The van der Waals surface area contributed by atoms with Gasteiger partial charge in [-0.05, 0) is 36.3 Å². The third-order valence-electron chi connectivity index (χ3n) is 2.65. The zero-order chi connectivity index (χ0) is 13.8. The summed E-state index contributed by atoms with van der Waals surface area (Å²) < 4.78 is 0. The fourth-order valence-electron chi connectivity index (χ4n) is 1.60. The van der Waals surface area contributed by atoms with Gasteiger partial charge in [-0.25, -0.2) is 0 Å². The van der Waals surface area contributed by atoms with E-state index >= 15 is 0 Å². The number of carboxylic acid groups (broad SMARTS) is 1. The van der Waals surface area contributed by atoms with Gasteiger partial charge in [0.2, 0.25) is 0 Å². The van der Waals surface area contributed by atoms with Crippen molar-refractivity contribution in [3.8, 4) is 0 Å². The first kappa shape index (κ1) is 13.2. The van der Waals surface area contributed by atoms with Crippen LogP contribution in [0.1, 0.15) is 30.5 Å². The van der Waals surface area contributed by atoms with Crippen LogP contribution in [0.5, 0.6) is 0 Å². The number of benzene rings is 1. The second-order valence-corrected chi connectivity index (χ2v) is 5.09. The van der Waals surface area contributed by atoms with Gasteiger partial charge in [-0.15, -0.1) is 11.3 Å². The van der Waals surface area contributed by atoms with Gasteiger partial charge in [0.25, 0.3) is 0 Å². The third kappa shape index (κ3) is 3.17. The molecule has 0 saturated heterocycles. The zero-order valence-electron chi connectivity index (χ0n) is 10.3. The Hall–Kier alpha value is -2.20. The highest BCUT2D eigenvalue weighted by atomic mass is 32.1. The topological polar surface area (TPSA) is 57.2 Å². The van der Waals surface area contributed by atoms with Crippen molar-refractivity contribution in [2.45, 2.75) is 6.92 Å². The van der Waals surface area contributed by atoms with Crippen LogP contribution in [0.25, 0.3) is 6.08 Å². The van der Waals surface area contributed by atoms with Crippen molar-refractivity contribution in [3.63, 3.8) is 0 Å². The summed E-state index contributed by atoms with van der Waals surface area (Å²) in [5, 5.41) is 10.6. The minimum absolute atomic E-state index is 0.0626. The van der Waals surface area contributed by atoms with Crippen LogP contribution in [0.2, 0.25) is 0 Å². The lowest BCUT2D eigenvalue weighted by Crippen LogP contribution is -2.20. The summed E-state index contributed by atoms with van der Waals surface area (Å²) in [6.45, 7) is 1.96. The van der Waals surface area contributed by atoms with Gasteiger partial charge in [0.05, 0.1) is 15.7 Å². The van der Waals surface area contributed by atoms with Gasteiger partial charge in [0, 0.05) is 0 Å². The molecule has 0 atom stereocenters. The normalized spacial score (nSPS) is 10.8. The predicted octanol–water partition coefficient (Wildman–Crippen LogP) is 2.32. The minimum Gasteiger partial charge on any atom is -0.544 e.